The van der Waals surface area contributed by atoms with Gasteiger partial charge in [-0.1, -0.05) is 30.9 Å². The molecule has 4 fully saturated rings. The molecular weight excluding hydrogens is 701 g/mol. The lowest BCUT2D eigenvalue weighted by atomic mass is 9.81. The highest BCUT2D eigenvalue weighted by molar-refractivity contribution is 6.76. The maximum atomic E-state index is 5.33. The lowest BCUT2D eigenvalue weighted by Gasteiger charge is -2.09. The zero-order valence-electron chi connectivity index (χ0n) is 32.3. The summed E-state index contributed by atoms with van der Waals surface area (Å²) in [5.41, 5.74) is 0. The summed E-state index contributed by atoms with van der Waals surface area (Å²) < 4.78 is 73.8. The van der Waals surface area contributed by atoms with E-state index in [9.17, 15) is 0 Å². The third-order valence-corrected chi connectivity index (χ3v) is 6.12. The maximum Gasteiger partial charge on any atom is 0.0814 e. The van der Waals surface area contributed by atoms with Crippen molar-refractivity contribution in [2.45, 2.75) is 25.7 Å². The van der Waals surface area contributed by atoms with Crippen LogP contribution in [0.2, 0.25) is 0 Å². The summed E-state index contributed by atoms with van der Waals surface area (Å²) in [5.74, 6) is 0. The van der Waals surface area contributed by atoms with Crippen molar-refractivity contribution in [3.05, 3.63) is 0 Å². The first-order chi connectivity index (χ1) is 25.0. The molecule has 4 heterocycles. The Kier molecular flexibility index (Phi) is 82.0. The van der Waals surface area contributed by atoms with Crippen LogP contribution in [0.25, 0.3) is 0 Å². The van der Waals surface area contributed by atoms with Gasteiger partial charge in [0.25, 0.3) is 0 Å². The van der Waals surface area contributed by atoms with Gasteiger partial charge in [0.1, 0.15) is 0 Å². The zero-order chi connectivity index (χ0) is 36.5. The van der Waals surface area contributed by atoms with E-state index in [-0.39, 0.29) is 29.1 Å². The Morgan fingerprint density at radius 1 is 0.185 bits per heavy atom. The fraction of sp³-hybridized carbons (Fsp3) is 1.00. The fourth-order valence-electron chi connectivity index (χ4n) is 3.66. The second-order valence-electron chi connectivity index (χ2n) is 9.99. The van der Waals surface area contributed by atoms with Gasteiger partial charge in [0.15, 0.2) is 0 Å². The third kappa shape index (κ3) is 63.7. The van der Waals surface area contributed by atoms with Gasteiger partial charge >= 0.3 is 0 Å². The second kappa shape index (κ2) is 67.5. The zero-order valence-corrected chi connectivity index (χ0v) is 32.3. The van der Waals surface area contributed by atoms with E-state index in [2.05, 4.69) is 15.5 Å². The van der Waals surface area contributed by atoms with E-state index in [0.29, 0.717) is 159 Å². The summed E-state index contributed by atoms with van der Waals surface area (Å²) in [7, 11) is 6.00. The summed E-state index contributed by atoms with van der Waals surface area (Å²) >= 11 is 0. The van der Waals surface area contributed by atoms with Crippen LogP contribution in [0.15, 0.2) is 0 Å². The van der Waals surface area contributed by atoms with E-state index in [0.717, 1.165) is 41.9 Å². The molecular formula is C32H88B6N2O14. The van der Waals surface area contributed by atoms with Crippen molar-refractivity contribution in [3.8, 4) is 0 Å². The second-order valence-corrected chi connectivity index (χ2v) is 9.99. The Morgan fingerprint density at radius 2 is 0.259 bits per heavy atom. The van der Waals surface area contributed by atoms with E-state index in [1.54, 1.807) is 0 Å². The van der Waals surface area contributed by atoms with Crippen molar-refractivity contribution in [2.75, 3.05) is 185 Å². The molecule has 4 saturated heterocycles. The molecule has 0 amide bonds. The summed E-state index contributed by atoms with van der Waals surface area (Å²) in [6.07, 6.45) is 5.11. The van der Waals surface area contributed by atoms with Crippen LogP contribution in [-0.2, 0) is 66.3 Å². The van der Waals surface area contributed by atoms with Gasteiger partial charge in [-0.2, -0.15) is 0 Å². The first kappa shape index (κ1) is 65.6. The summed E-state index contributed by atoms with van der Waals surface area (Å²) in [6, 6.07) is 0. The van der Waals surface area contributed by atoms with E-state index in [1.807, 2.05) is 0 Å². The Hall–Kier alpha value is -0.250. The highest BCUT2D eigenvalue weighted by Gasteiger charge is 1.98. The molecule has 0 aromatic carbocycles. The van der Waals surface area contributed by atoms with Crippen LogP contribution in [0.1, 0.15) is 25.7 Å². The van der Waals surface area contributed by atoms with Crippen molar-refractivity contribution >= 4 is 47.8 Å². The molecule has 0 atom stereocenters. The quantitative estimate of drug-likeness (QED) is 0.225. The highest BCUT2D eigenvalue weighted by atomic mass is 16.6. The third-order valence-electron chi connectivity index (χ3n) is 6.12. The minimum absolute atomic E-state index is 0. The standard InChI is InChI=1S/2C12H24O6.2C4H8O.2B2H5.2BH3.2H3N/c2*1-2-14-5-6-16-9-10-18-12-11-17-8-7-15-4-3-13-1;2*1-2-4-5-3-1;2*1-2;;;;/h2*1-12H2;2*1-4H2;2*1H2,2H3;4*1H3/q;;;;2*-1;;;;/p+2. The molecule has 0 aromatic heterocycles. The van der Waals surface area contributed by atoms with Crippen LogP contribution in [0.3, 0.4) is 0 Å². The summed E-state index contributed by atoms with van der Waals surface area (Å²) in [5, 5.41) is 0. The number of hydrogen-bond donors (Lipinski definition) is 2. The largest absolute Gasteiger partial charge is 0.381 e. The summed E-state index contributed by atoms with van der Waals surface area (Å²) in [6.45, 7) is 18.1. The molecule has 22 heteroatoms. The van der Waals surface area contributed by atoms with Gasteiger partial charge in [-0.15, -0.1) is 0 Å². The normalized spacial score (nSPS) is 20.6. The van der Waals surface area contributed by atoms with Crippen molar-refractivity contribution in [2.24, 2.45) is 0 Å². The van der Waals surface area contributed by atoms with Crippen LogP contribution < -0.4 is 12.3 Å². The predicted octanol–water partition coefficient (Wildman–Crippen LogP) is -4.02. The van der Waals surface area contributed by atoms with Gasteiger partial charge in [-0.3, -0.25) is 0 Å². The van der Waals surface area contributed by atoms with Gasteiger partial charge < -0.3 is 78.6 Å². The van der Waals surface area contributed by atoms with Crippen LogP contribution in [0.4, 0.5) is 0 Å². The van der Waals surface area contributed by atoms with Gasteiger partial charge in [0.05, 0.1) is 175 Å². The first-order valence-electron chi connectivity index (χ1n) is 17.1. The van der Waals surface area contributed by atoms with E-state index in [1.165, 1.54) is 25.7 Å². The summed E-state index contributed by atoms with van der Waals surface area (Å²) in [4.78, 5) is 0. The monoisotopic (exact) mass is 791 g/mol. The molecule has 0 radical (unpaired) electrons. The molecule has 4 aliphatic heterocycles. The molecule has 0 aromatic rings. The van der Waals surface area contributed by atoms with Crippen molar-refractivity contribution in [3.63, 3.8) is 0 Å². The van der Waals surface area contributed by atoms with Crippen LogP contribution in [0, 0.1) is 0 Å². The predicted molar refractivity (Wildman–Crippen MR) is 239 cm³/mol. The molecule has 328 valence electrons. The van der Waals surface area contributed by atoms with Crippen molar-refractivity contribution in [1.29, 1.82) is 0 Å². The lowest BCUT2D eigenvalue weighted by molar-refractivity contribution is -0.0334. The highest BCUT2D eigenvalue weighted by Crippen LogP contribution is 1.99. The molecule has 4 rings (SSSR count). The lowest BCUT2D eigenvalue weighted by Crippen LogP contribution is -2.16. The van der Waals surface area contributed by atoms with Crippen LogP contribution in [-0.4, -0.2) is 233 Å². The van der Waals surface area contributed by atoms with Gasteiger partial charge in [-0.25, -0.2) is 0 Å². The molecule has 4 aliphatic rings. The number of ether oxygens (including phenoxy) is 14. The van der Waals surface area contributed by atoms with Crippen LogP contribution in [0.5, 0.6) is 0 Å². The van der Waals surface area contributed by atoms with E-state index < -0.39 is 0 Å². The Labute approximate surface area is 336 Å². The van der Waals surface area contributed by atoms with Gasteiger partial charge in [0, 0.05) is 26.4 Å². The molecule has 8 N–H and O–H groups in total. The Morgan fingerprint density at radius 3 is 0.315 bits per heavy atom. The van der Waals surface area contributed by atoms with Crippen molar-refractivity contribution < 1.29 is 66.3 Å². The smallest absolute Gasteiger partial charge is 0.0814 e. The van der Waals surface area contributed by atoms with E-state index in [4.69, 9.17) is 66.3 Å². The molecule has 0 saturated carbocycles. The Balaban J connectivity index is -0.000000149. The van der Waals surface area contributed by atoms with Crippen LogP contribution >= 0.6 is 0 Å². The number of hydrogen-bond acceptors (Lipinski definition) is 14. The average Bonchev–Trinajstić information content (AvgIpc) is 3.95. The Bertz CT molecular complexity index is 369. The number of quaternary nitrogens is 2. The number of rotatable bonds is 0. The molecule has 0 aliphatic carbocycles. The molecule has 16 nitrogen and oxygen atoms in total. The minimum atomic E-state index is 0. The molecule has 0 spiro atoms. The maximum absolute atomic E-state index is 5.33. The van der Waals surface area contributed by atoms with E-state index >= 15 is 0 Å². The van der Waals surface area contributed by atoms with Gasteiger partial charge in [-0.05, 0) is 25.7 Å². The minimum Gasteiger partial charge on any atom is -0.381 e. The topological polar surface area (TPSA) is 202 Å². The first-order valence-corrected chi connectivity index (χ1v) is 17.1. The molecule has 0 unspecified atom stereocenters. The molecule has 0 bridgehead atoms. The SMILES string of the molecule is B.B.B[BH3-].B[BH3-].C1CCOC1.C1CCOC1.C1COCCOCCOCCOCCOCCO1.C1COCCOCCOCCOCCOCCO1.[NH4+].[NH4+]. The fourth-order valence-corrected chi connectivity index (χ4v) is 3.66. The van der Waals surface area contributed by atoms with Crippen molar-refractivity contribution in [1.82, 2.24) is 12.3 Å². The van der Waals surface area contributed by atoms with Gasteiger partial charge in [0.2, 0.25) is 0 Å². The average molecular weight is 790 g/mol. The molecule has 54 heavy (non-hydrogen) atoms.